The van der Waals surface area contributed by atoms with Gasteiger partial charge in [0.05, 0.1) is 18.9 Å². The molecule has 0 spiro atoms. The molecule has 0 fully saturated rings. The molecule has 4 N–H and O–H groups in total. The minimum atomic E-state index is -1.24. The highest BCUT2D eigenvalue weighted by Crippen LogP contribution is 2.24. The van der Waals surface area contributed by atoms with E-state index in [1.54, 1.807) is 44.2 Å². The van der Waals surface area contributed by atoms with Crippen LogP contribution in [0.4, 0.5) is 0 Å². The molecule has 0 radical (unpaired) electrons. The fourth-order valence-electron chi connectivity index (χ4n) is 3.54. The summed E-state index contributed by atoms with van der Waals surface area (Å²) >= 11 is 0. The highest BCUT2D eigenvalue weighted by atomic mass is 16.5. The Morgan fingerprint density at radius 2 is 1.74 bits per heavy atom. The van der Waals surface area contributed by atoms with Crippen molar-refractivity contribution in [2.75, 3.05) is 7.11 Å². The van der Waals surface area contributed by atoms with Gasteiger partial charge >= 0.3 is 11.8 Å². The molecule has 2 rings (SSSR count). The van der Waals surface area contributed by atoms with Crippen molar-refractivity contribution in [3.8, 4) is 5.75 Å². The van der Waals surface area contributed by atoms with Crippen LogP contribution in [0.3, 0.4) is 0 Å². The molecule has 0 aromatic heterocycles. The van der Waals surface area contributed by atoms with Gasteiger partial charge in [0.15, 0.2) is 0 Å². The lowest BCUT2D eigenvalue weighted by Gasteiger charge is -2.35. The Balaban J connectivity index is 2.50. The number of amides is 4. The van der Waals surface area contributed by atoms with Gasteiger partial charge in [-0.3, -0.25) is 24.6 Å². The predicted octanol–water partition coefficient (Wildman–Crippen LogP) is 2.03. The summed E-state index contributed by atoms with van der Waals surface area (Å²) in [5, 5.41) is 4.87. The van der Waals surface area contributed by atoms with Crippen LogP contribution in [0.5, 0.6) is 5.75 Å². The number of nitrogens with one attached hydrogen (secondary N) is 2. The molecule has 2 aromatic carbocycles. The molecule has 0 bridgehead atoms. The number of nitrogens with two attached hydrogens (primary N) is 1. The van der Waals surface area contributed by atoms with E-state index in [0.717, 1.165) is 16.1 Å². The molecule has 0 saturated heterocycles. The zero-order chi connectivity index (χ0) is 26.3. The Hall–Kier alpha value is -4.21. The maximum atomic E-state index is 13.6. The van der Waals surface area contributed by atoms with Gasteiger partial charge in [-0.1, -0.05) is 30.2 Å². The van der Waals surface area contributed by atoms with Crippen molar-refractivity contribution < 1.29 is 23.9 Å². The third-order valence-electron chi connectivity index (χ3n) is 5.18. The Bertz CT molecular complexity index is 1150. The number of hydrazone groups is 1. The summed E-state index contributed by atoms with van der Waals surface area (Å²) in [4.78, 5) is 49.4. The van der Waals surface area contributed by atoms with E-state index in [1.165, 1.54) is 13.3 Å². The molecule has 0 aliphatic carbocycles. The number of rotatable bonds is 7. The van der Waals surface area contributed by atoms with Crippen molar-refractivity contribution in [1.82, 2.24) is 15.9 Å². The van der Waals surface area contributed by atoms with Gasteiger partial charge < -0.3 is 10.5 Å². The molecule has 0 aliphatic heterocycles. The number of hydrazine groups is 1. The highest BCUT2D eigenvalue weighted by Gasteiger charge is 2.33. The lowest BCUT2D eigenvalue weighted by Crippen LogP contribution is -2.58. The van der Waals surface area contributed by atoms with E-state index in [1.807, 2.05) is 32.3 Å². The first kappa shape index (κ1) is 27.0. The van der Waals surface area contributed by atoms with E-state index in [-0.39, 0.29) is 0 Å². The van der Waals surface area contributed by atoms with Crippen LogP contribution >= 0.6 is 0 Å². The van der Waals surface area contributed by atoms with E-state index in [2.05, 4.69) is 10.5 Å². The second-order valence-corrected chi connectivity index (χ2v) is 8.51. The number of aryl methyl sites for hydroxylation is 2. The number of ether oxygens (including phenoxy) is 1. The lowest BCUT2D eigenvalue weighted by atomic mass is 10.0. The van der Waals surface area contributed by atoms with Crippen LogP contribution in [0.25, 0.3) is 0 Å². The summed E-state index contributed by atoms with van der Waals surface area (Å²) < 4.78 is 5.38. The first-order valence-corrected chi connectivity index (χ1v) is 10.9. The summed E-state index contributed by atoms with van der Waals surface area (Å²) in [6, 6.07) is 10.4. The van der Waals surface area contributed by atoms with Crippen LogP contribution in [-0.4, -0.2) is 47.5 Å². The Kier molecular flexibility index (Phi) is 8.71. The van der Waals surface area contributed by atoms with E-state index in [9.17, 15) is 19.2 Å². The van der Waals surface area contributed by atoms with E-state index in [4.69, 9.17) is 10.5 Å². The molecule has 0 aliphatic rings. The molecule has 10 heteroatoms. The molecule has 0 unspecified atom stereocenters. The highest BCUT2D eigenvalue weighted by molar-refractivity contribution is 6.34. The number of nitrogens with zero attached hydrogens (tertiary/aromatic N) is 2. The second kappa shape index (κ2) is 11.3. The first-order chi connectivity index (χ1) is 16.4. The van der Waals surface area contributed by atoms with E-state index >= 15 is 0 Å². The molecule has 0 atom stereocenters. The average Bonchev–Trinajstić information content (AvgIpc) is 2.80. The van der Waals surface area contributed by atoms with Gasteiger partial charge in [0.1, 0.15) is 5.75 Å². The zero-order valence-corrected chi connectivity index (χ0v) is 20.8. The van der Waals surface area contributed by atoms with Crippen LogP contribution in [0, 0.1) is 13.8 Å². The third kappa shape index (κ3) is 6.66. The van der Waals surface area contributed by atoms with Crippen LogP contribution < -0.4 is 21.3 Å². The quantitative estimate of drug-likeness (QED) is 0.315. The summed E-state index contributed by atoms with van der Waals surface area (Å²) in [5.74, 6) is -2.79. The molecule has 35 heavy (non-hydrogen) atoms. The maximum Gasteiger partial charge on any atom is 0.329 e. The van der Waals surface area contributed by atoms with E-state index < -0.39 is 29.2 Å². The van der Waals surface area contributed by atoms with Gasteiger partial charge in [-0.2, -0.15) is 5.10 Å². The number of hydrogen-bond donors (Lipinski definition) is 3. The fraction of sp³-hybridized carbons (Fsp3) is 0.320. The first-order valence-electron chi connectivity index (χ1n) is 10.9. The number of methoxy groups -OCH3 is 1. The Labute approximate surface area is 204 Å². The number of hydrogen-bond acceptors (Lipinski definition) is 6. The molecule has 10 nitrogen and oxygen atoms in total. The minimum Gasteiger partial charge on any atom is -0.496 e. The van der Waals surface area contributed by atoms with Gasteiger partial charge in [0, 0.05) is 16.7 Å². The molecule has 4 amide bonds. The monoisotopic (exact) mass is 481 g/mol. The van der Waals surface area contributed by atoms with Crippen molar-refractivity contribution in [3.05, 3.63) is 64.2 Å². The minimum absolute atomic E-state index is 0.347. The third-order valence-corrected chi connectivity index (χ3v) is 5.18. The molecule has 2 aromatic rings. The SMILES string of the molecule is CCc1c(OC)cccc1C(=O)NN(C(=O)c1cc(C)cc(C)c1)C(C)(C)/C=N/NC(=O)C(N)=O. The summed E-state index contributed by atoms with van der Waals surface area (Å²) in [5.41, 5.74) is 11.5. The molecule has 0 heterocycles. The standard InChI is InChI=1S/C25H31N5O5/c1-7-18-19(9-8-10-20(18)35-6)22(32)29-30(24(34)17-12-15(2)11-16(3)13-17)25(4,5)14-27-28-23(33)21(26)31/h8-14H,7H2,1-6H3,(H2,26,31)(H,28,33)(H,29,32)/b27-14+. The summed E-state index contributed by atoms with van der Waals surface area (Å²) in [6.07, 6.45) is 1.75. The van der Waals surface area contributed by atoms with Gasteiger partial charge in [0.25, 0.3) is 11.8 Å². The van der Waals surface area contributed by atoms with Crippen LogP contribution in [0.1, 0.15) is 58.2 Å². The van der Waals surface area contributed by atoms with Crippen LogP contribution in [0.2, 0.25) is 0 Å². The zero-order valence-electron chi connectivity index (χ0n) is 20.8. The van der Waals surface area contributed by atoms with Crippen molar-refractivity contribution >= 4 is 29.8 Å². The van der Waals surface area contributed by atoms with E-state index in [0.29, 0.717) is 28.9 Å². The van der Waals surface area contributed by atoms with Crippen molar-refractivity contribution in [3.63, 3.8) is 0 Å². The molecular formula is C25H31N5O5. The van der Waals surface area contributed by atoms with Crippen molar-refractivity contribution in [2.24, 2.45) is 10.8 Å². The largest absolute Gasteiger partial charge is 0.496 e. The Morgan fingerprint density at radius 3 is 2.29 bits per heavy atom. The summed E-state index contributed by atoms with van der Waals surface area (Å²) in [6.45, 7) is 8.84. The normalized spacial score (nSPS) is 11.1. The Morgan fingerprint density at radius 1 is 1.11 bits per heavy atom. The molecular weight excluding hydrogens is 450 g/mol. The fourth-order valence-corrected chi connectivity index (χ4v) is 3.54. The van der Waals surface area contributed by atoms with Crippen molar-refractivity contribution in [1.29, 1.82) is 0 Å². The number of carbonyl (C=O) groups is 4. The maximum absolute atomic E-state index is 13.6. The van der Waals surface area contributed by atoms with Crippen LogP contribution in [-0.2, 0) is 16.0 Å². The van der Waals surface area contributed by atoms with Gasteiger partial charge in [-0.15, -0.1) is 0 Å². The summed E-state index contributed by atoms with van der Waals surface area (Å²) in [7, 11) is 1.52. The number of benzene rings is 2. The van der Waals surface area contributed by atoms with Gasteiger partial charge in [-0.25, -0.2) is 10.4 Å². The average molecular weight is 482 g/mol. The topological polar surface area (TPSA) is 143 Å². The number of primary amides is 1. The van der Waals surface area contributed by atoms with Crippen molar-refractivity contribution in [2.45, 2.75) is 46.6 Å². The molecule has 0 saturated carbocycles. The second-order valence-electron chi connectivity index (χ2n) is 8.51. The van der Waals surface area contributed by atoms with Gasteiger partial charge in [0.2, 0.25) is 0 Å². The lowest BCUT2D eigenvalue weighted by molar-refractivity contribution is -0.137. The smallest absolute Gasteiger partial charge is 0.329 e. The molecule has 186 valence electrons. The predicted molar refractivity (Wildman–Crippen MR) is 132 cm³/mol. The number of carbonyl (C=O) groups excluding carboxylic acids is 4. The van der Waals surface area contributed by atoms with Crippen LogP contribution in [0.15, 0.2) is 41.5 Å². The van der Waals surface area contributed by atoms with Gasteiger partial charge in [-0.05, 0) is 58.4 Å².